The largest absolute Gasteiger partial charge is 0.490 e. The maximum absolute atomic E-state index is 14.7. The molecule has 2 fully saturated rings. The molecule has 3 heterocycles. The number of carbonyl (C=O) groups is 1. The molecule has 12 heteroatoms. The maximum Gasteiger partial charge on any atom is 0.410 e. The first-order valence-corrected chi connectivity index (χ1v) is 14.6. The van der Waals surface area contributed by atoms with Crippen molar-refractivity contribution >= 4 is 24.2 Å². The van der Waals surface area contributed by atoms with Crippen molar-refractivity contribution in [3.8, 4) is 5.75 Å². The summed E-state index contributed by atoms with van der Waals surface area (Å²) in [4.78, 5) is 35.3. The van der Waals surface area contributed by atoms with Gasteiger partial charge in [0.05, 0.1) is 19.2 Å². The molecule has 10 nitrogen and oxygen atoms in total. The summed E-state index contributed by atoms with van der Waals surface area (Å²) in [5, 5.41) is 0. The Morgan fingerprint density at radius 2 is 1.86 bits per heavy atom. The topological polar surface area (TPSA) is 95.7 Å². The number of carbonyl (C=O) groups excluding carboxylic acids is 1. The van der Waals surface area contributed by atoms with Crippen molar-refractivity contribution in [2.45, 2.75) is 58.7 Å². The lowest BCUT2D eigenvalue weighted by atomic mass is 9.94. The predicted octanol–water partition coefficient (Wildman–Crippen LogP) is 4.90. The van der Waals surface area contributed by atoms with Gasteiger partial charge in [0.2, 0.25) is 5.82 Å². The number of hydrogen-bond donors (Lipinski definition) is 0. The summed E-state index contributed by atoms with van der Waals surface area (Å²) in [6.45, 7) is 15.5. The Kier molecular flexibility index (Phi) is 10.8. The third-order valence-corrected chi connectivity index (χ3v) is 7.31. The van der Waals surface area contributed by atoms with Gasteiger partial charge in [-0.3, -0.25) is 14.9 Å². The van der Waals surface area contributed by atoms with Gasteiger partial charge in [-0.15, -0.1) is 0 Å². The monoisotopic (exact) mass is 597 g/mol. The van der Waals surface area contributed by atoms with Crippen molar-refractivity contribution in [3.63, 3.8) is 0 Å². The molecule has 2 saturated heterocycles. The Bertz CT molecular complexity index is 1320. The van der Waals surface area contributed by atoms with Gasteiger partial charge in [-0.05, 0) is 46.9 Å². The summed E-state index contributed by atoms with van der Waals surface area (Å²) >= 11 is 0. The number of nitrogens with zero attached hydrogens (tertiary/aromatic N) is 7. The highest BCUT2D eigenvalue weighted by Gasteiger charge is 2.29. The van der Waals surface area contributed by atoms with E-state index >= 15 is 0 Å². The number of ether oxygens (including phenoxy) is 2. The fraction of sp³-hybridized carbons (Fsp3) is 0.516. The van der Waals surface area contributed by atoms with Crippen molar-refractivity contribution in [1.29, 1.82) is 0 Å². The molecule has 1 aromatic heterocycles. The van der Waals surface area contributed by atoms with Crippen LogP contribution >= 0.6 is 0 Å². The molecule has 43 heavy (non-hydrogen) atoms. The maximum atomic E-state index is 14.7. The van der Waals surface area contributed by atoms with E-state index in [1.54, 1.807) is 35.6 Å². The molecule has 0 spiro atoms. The minimum Gasteiger partial charge on any atom is -0.490 e. The van der Waals surface area contributed by atoms with E-state index in [1.165, 1.54) is 6.07 Å². The minimum atomic E-state index is -1.01. The van der Waals surface area contributed by atoms with E-state index in [4.69, 9.17) is 14.5 Å². The predicted molar refractivity (Wildman–Crippen MR) is 163 cm³/mol. The lowest BCUT2D eigenvalue weighted by Gasteiger charge is -2.38. The van der Waals surface area contributed by atoms with Crippen LogP contribution in [0.25, 0.3) is 0 Å². The van der Waals surface area contributed by atoms with E-state index in [-0.39, 0.29) is 24.5 Å². The van der Waals surface area contributed by atoms with E-state index in [9.17, 15) is 13.6 Å². The minimum absolute atomic E-state index is 0.120. The number of amides is 1. The molecule has 2 aromatic rings. The molecule has 2 aliphatic rings. The van der Waals surface area contributed by atoms with Gasteiger partial charge < -0.3 is 19.3 Å². The lowest BCUT2D eigenvalue weighted by molar-refractivity contribution is 0.0142. The number of hydrogen-bond acceptors (Lipinski definition) is 9. The average molecular weight is 598 g/mol. The summed E-state index contributed by atoms with van der Waals surface area (Å²) < 4.78 is 40.7. The van der Waals surface area contributed by atoms with Crippen LogP contribution in [-0.2, 0) is 11.3 Å². The third kappa shape index (κ3) is 8.79. The number of piperidine rings is 1. The van der Waals surface area contributed by atoms with Crippen LogP contribution in [0, 0.1) is 11.6 Å². The van der Waals surface area contributed by atoms with Crippen LogP contribution in [0.1, 0.15) is 46.4 Å². The number of halogens is 2. The Morgan fingerprint density at radius 1 is 1.14 bits per heavy atom. The molecule has 0 saturated carbocycles. The number of benzene rings is 1. The number of anilines is 1. The molecule has 2 aliphatic heterocycles. The molecule has 1 unspecified atom stereocenters. The summed E-state index contributed by atoms with van der Waals surface area (Å²) in [5.74, 6) is -1.48. The lowest BCUT2D eigenvalue weighted by Crippen LogP contribution is -2.50. The second-order valence-corrected chi connectivity index (χ2v) is 11.6. The van der Waals surface area contributed by atoms with Crippen molar-refractivity contribution in [2.75, 3.05) is 50.8 Å². The van der Waals surface area contributed by atoms with Gasteiger partial charge in [-0.1, -0.05) is 0 Å². The van der Waals surface area contributed by atoms with Crippen molar-refractivity contribution in [1.82, 2.24) is 19.8 Å². The summed E-state index contributed by atoms with van der Waals surface area (Å²) in [5.41, 5.74) is 1.69. The van der Waals surface area contributed by atoms with Crippen LogP contribution in [0.15, 0.2) is 52.4 Å². The SMILES string of the molecule is C=N/C=C1\C(=N/Cc2ncccn2)CCN(c2cc(F)c(F)c(OCCCN3CCN(C(=O)OC(C)(C)C)CC3)c2)C1C. The van der Waals surface area contributed by atoms with Crippen LogP contribution in [0.5, 0.6) is 5.75 Å². The average Bonchev–Trinajstić information content (AvgIpc) is 2.97. The molecule has 0 radical (unpaired) electrons. The zero-order valence-corrected chi connectivity index (χ0v) is 25.4. The van der Waals surface area contributed by atoms with Gasteiger partial charge in [0.15, 0.2) is 11.6 Å². The molecule has 1 amide bonds. The normalized spacial score (nSPS) is 20.0. The van der Waals surface area contributed by atoms with Crippen LogP contribution < -0.4 is 9.64 Å². The molecule has 1 atom stereocenters. The highest BCUT2D eigenvalue weighted by atomic mass is 19.2. The van der Waals surface area contributed by atoms with Gasteiger partial charge in [0, 0.05) is 93.4 Å². The number of aliphatic imine (C=N–C) groups is 2. The van der Waals surface area contributed by atoms with Crippen molar-refractivity contribution in [3.05, 3.63) is 59.8 Å². The Balaban J connectivity index is 1.33. The van der Waals surface area contributed by atoms with Crippen LogP contribution in [0.4, 0.5) is 19.3 Å². The number of aromatic nitrogens is 2. The first kappa shape index (κ1) is 32.0. The van der Waals surface area contributed by atoms with E-state index in [0.29, 0.717) is 70.2 Å². The van der Waals surface area contributed by atoms with Gasteiger partial charge in [-0.2, -0.15) is 4.39 Å². The molecule has 4 rings (SSSR count). The van der Waals surface area contributed by atoms with Gasteiger partial charge in [0.1, 0.15) is 11.4 Å². The van der Waals surface area contributed by atoms with Crippen LogP contribution in [0.2, 0.25) is 0 Å². The van der Waals surface area contributed by atoms with E-state index in [0.717, 1.165) is 11.3 Å². The first-order chi connectivity index (χ1) is 20.6. The third-order valence-electron chi connectivity index (χ3n) is 7.31. The highest BCUT2D eigenvalue weighted by Crippen LogP contribution is 2.33. The number of rotatable bonds is 9. The Labute approximate surface area is 252 Å². The molecule has 0 N–H and O–H groups in total. The highest BCUT2D eigenvalue weighted by molar-refractivity contribution is 6.03. The van der Waals surface area contributed by atoms with Gasteiger partial charge >= 0.3 is 6.09 Å². The zero-order chi connectivity index (χ0) is 31.0. The zero-order valence-electron chi connectivity index (χ0n) is 25.4. The molecule has 0 aliphatic carbocycles. The molecule has 1 aromatic carbocycles. The van der Waals surface area contributed by atoms with E-state index < -0.39 is 17.2 Å². The fourth-order valence-corrected chi connectivity index (χ4v) is 5.13. The van der Waals surface area contributed by atoms with Crippen LogP contribution in [0.3, 0.4) is 0 Å². The second kappa shape index (κ2) is 14.5. The van der Waals surface area contributed by atoms with Crippen molar-refractivity contribution in [2.24, 2.45) is 9.98 Å². The Hall–Kier alpha value is -3.93. The van der Waals surface area contributed by atoms with E-state index in [1.807, 2.05) is 32.6 Å². The standard InChI is InChI=1S/C31H41F2N7O3/c1-22-24(20-34-5)26(37-21-28-35-9-6-10-36-28)8-12-40(22)23-18-25(32)29(33)27(19-23)42-17-7-11-38-13-15-39(16-14-38)30(41)43-31(2,3)4/h6,9-10,18-20,22H,5,7-8,11-17,21H2,1-4H3/b24-20-,37-26-. The van der Waals surface area contributed by atoms with Crippen molar-refractivity contribution < 1.29 is 23.0 Å². The van der Waals surface area contributed by atoms with E-state index in [2.05, 4.69) is 26.6 Å². The molecular weight excluding hydrogens is 556 g/mol. The van der Waals surface area contributed by atoms with Crippen LogP contribution in [-0.4, -0.2) is 95.8 Å². The summed E-state index contributed by atoms with van der Waals surface area (Å²) in [6, 6.07) is 4.28. The fourth-order valence-electron chi connectivity index (χ4n) is 5.13. The smallest absolute Gasteiger partial charge is 0.410 e. The van der Waals surface area contributed by atoms with Gasteiger partial charge in [-0.25, -0.2) is 19.2 Å². The molecule has 232 valence electrons. The molecule has 0 bridgehead atoms. The number of piperazine rings is 1. The van der Waals surface area contributed by atoms with Gasteiger partial charge in [0.25, 0.3) is 0 Å². The quantitative estimate of drug-likeness (QED) is 0.300. The Morgan fingerprint density at radius 3 is 2.53 bits per heavy atom. The molecular formula is C31H41F2N7O3. The summed E-state index contributed by atoms with van der Waals surface area (Å²) in [7, 11) is 0. The summed E-state index contributed by atoms with van der Waals surface area (Å²) in [6.07, 6.45) is 5.91. The second-order valence-electron chi connectivity index (χ2n) is 11.6. The first-order valence-electron chi connectivity index (χ1n) is 14.6.